The molecule has 4 heteroatoms. The molecular weight excluding hydrogens is 348 g/mol. The third kappa shape index (κ3) is 19.5. The minimum atomic E-state index is -0.715. The SMILES string of the molecule is CCC=CCC=CCC=C(C)CC=CCC=CCCCC(O)OSS. The molecule has 2 nitrogen and oxygen atoms in total. The molecular formula is C21H34O2S2. The molecule has 0 radical (unpaired) electrons. The van der Waals surface area contributed by atoms with Gasteiger partial charge in [0, 0.05) is 0 Å². The Kier molecular flexibility index (Phi) is 19.1. The molecule has 0 fully saturated rings. The number of unbranched alkanes of at least 4 members (excludes halogenated alkanes) is 1. The van der Waals surface area contributed by atoms with Crippen LogP contribution in [0.4, 0.5) is 0 Å². The number of hydrogen-bond acceptors (Lipinski definition) is 4. The first-order chi connectivity index (χ1) is 12.2. The van der Waals surface area contributed by atoms with E-state index in [0.717, 1.165) is 56.0 Å². The van der Waals surface area contributed by atoms with Crippen LogP contribution in [0.3, 0.4) is 0 Å². The van der Waals surface area contributed by atoms with Gasteiger partial charge in [-0.1, -0.05) is 78.8 Å². The van der Waals surface area contributed by atoms with Gasteiger partial charge in [0.25, 0.3) is 0 Å². The van der Waals surface area contributed by atoms with Gasteiger partial charge in [0.2, 0.25) is 0 Å². The molecule has 0 aliphatic heterocycles. The van der Waals surface area contributed by atoms with Gasteiger partial charge in [-0.15, -0.1) is 0 Å². The lowest BCUT2D eigenvalue weighted by molar-refractivity contribution is -0.00678. The molecule has 0 spiro atoms. The van der Waals surface area contributed by atoms with Crippen molar-refractivity contribution in [2.75, 3.05) is 0 Å². The molecule has 0 bridgehead atoms. The number of hydrogen-bond donors (Lipinski definition) is 2. The van der Waals surface area contributed by atoms with Crippen molar-refractivity contribution in [3.05, 3.63) is 60.3 Å². The van der Waals surface area contributed by atoms with Crippen LogP contribution in [0.5, 0.6) is 0 Å². The van der Waals surface area contributed by atoms with Crippen molar-refractivity contribution in [3.63, 3.8) is 0 Å². The highest BCUT2D eigenvalue weighted by molar-refractivity contribution is 8.66. The van der Waals surface area contributed by atoms with Gasteiger partial charge in [0.05, 0.1) is 11.1 Å². The number of thiol groups is 1. The first-order valence-corrected chi connectivity index (χ1v) is 10.9. The Bertz CT molecular complexity index is 437. The third-order valence-corrected chi connectivity index (χ3v) is 4.03. The number of aliphatic hydroxyl groups is 1. The Morgan fingerprint density at radius 2 is 1.64 bits per heavy atom. The van der Waals surface area contributed by atoms with Gasteiger partial charge in [-0.25, -0.2) is 0 Å². The first-order valence-electron chi connectivity index (χ1n) is 9.11. The molecule has 1 unspecified atom stereocenters. The molecule has 0 saturated heterocycles. The molecule has 0 aromatic heterocycles. The zero-order valence-corrected chi connectivity index (χ0v) is 17.4. The number of aliphatic hydroxyl groups excluding tert-OH is 1. The van der Waals surface area contributed by atoms with Gasteiger partial charge >= 0.3 is 0 Å². The average molecular weight is 383 g/mol. The summed E-state index contributed by atoms with van der Waals surface area (Å²) in [4.78, 5) is 0. The third-order valence-electron chi connectivity index (χ3n) is 3.46. The second-order valence-corrected chi connectivity index (χ2v) is 6.60. The largest absolute Gasteiger partial charge is 0.367 e. The maximum atomic E-state index is 9.36. The van der Waals surface area contributed by atoms with Crippen LogP contribution in [0, 0.1) is 0 Å². The summed E-state index contributed by atoms with van der Waals surface area (Å²) in [5.41, 5.74) is 1.41. The van der Waals surface area contributed by atoms with Crippen LogP contribution in [0.2, 0.25) is 0 Å². The Labute approximate surface area is 163 Å². The lowest BCUT2D eigenvalue weighted by Gasteiger charge is -2.06. The van der Waals surface area contributed by atoms with E-state index in [2.05, 4.69) is 80.2 Å². The average Bonchev–Trinajstić information content (AvgIpc) is 2.59. The lowest BCUT2D eigenvalue weighted by Crippen LogP contribution is -2.05. The van der Waals surface area contributed by atoms with Crippen molar-refractivity contribution in [2.24, 2.45) is 0 Å². The Hall–Kier alpha value is -0.680. The lowest BCUT2D eigenvalue weighted by atomic mass is 10.1. The second-order valence-electron chi connectivity index (χ2n) is 5.81. The summed E-state index contributed by atoms with van der Waals surface area (Å²) in [6, 6.07) is 0. The van der Waals surface area contributed by atoms with Crippen molar-refractivity contribution in [2.45, 2.75) is 71.5 Å². The summed E-state index contributed by atoms with van der Waals surface area (Å²) in [5.74, 6) is 0. The van der Waals surface area contributed by atoms with Gasteiger partial charge in [-0.2, -0.15) is 0 Å². The standard InChI is InChI=1S/C21H34O2S2/c1-3-4-5-6-8-11-14-17-20(2)18-15-12-9-7-10-13-16-19-21(22)23-25-24/h4-5,7-8,10-12,15,17,21-22,24H,3,6,9,13-14,16,18-19H2,1-2H3. The number of rotatable bonds is 15. The van der Waals surface area contributed by atoms with Crippen molar-refractivity contribution < 1.29 is 9.29 Å². The Morgan fingerprint density at radius 3 is 2.36 bits per heavy atom. The molecule has 0 aliphatic carbocycles. The summed E-state index contributed by atoms with van der Waals surface area (Å²) in [5, 5.41) is 9.36. The summed E-state index contributed by atoms with van der Waals surface area (Å²) >= 11 is 4.73. The first kappa shape index (κ1) is 24.3. The minimum absolute atomic E-state index is 0.640. The monoisotopic (exact) mass is 382 g/mol. The van der Waals surface area contributed by atoms with E-state index in [9.17, 15) is 5.11 Å². The van der Waals surface area contributed by atoms with Crippen molar-refractivity contribution in [3.8, 4) is 0 Å². The van der Waals surface area contributed by atoms with E-state index < -0.39 is 6.29 Å². The highest BCUT2D eigenvalue weighted by Crippen LogP contribution is 2.13. The fraction of sp³-hybridized carbons (Fsp3) is 0.524. The molecule has 0 heterocycles. The molecule has 0 aromatic rings. The highest BCUT2D eigenvalue weighted by atomic mass is 33.1. The molecule has 0 aromatic carbocycles. The summed E-state index contributed by atoms with van der Waals surface area (Å²) in [6.45, 7) is 4.34. The van der Waals surface area contributed by atoms with E-state index in [4.69, 9.17) is 4.18 Å². The van der Waals surface area contributed by atoms with Crippen LogP contribution in [0.25, 0.3) is 0 Å². The van der Waals surface area contributed by atoms with E-state index in [1.165, 1.54) is 5.57 Å². The zero-order chi connectivity index (χ0) is 18.6. The van der Waals surface area contributed by atoms with E-state index in [-0.39, 0.29) is 0 Å². The number of allylic oxidation sites excluding steroid dienone is 10. The van der Waals surface area contributed by atoms with Crippen molar-refractivity contribution >= 4 is 22.7 Å². The topological polar surface area (TPSA) is 29.5 Å². The highest BCUT2D eigenvalue weighted by Gasteiger charge is 2.01. The van der Waals surface area contributed by atoms with Crippen molar-refractivity contribution in [1.29, 1.82) is 0 Å². The normalized spacial score (nSPS) is 14.6. The van der Waals surface area contributed by atoms with Crippen LogP contribution in [-0.2, 0) is 4.18 Å². The fourth-order valence-electron chi connectivity index (χ4n) is 2.05. The van der Waals surface area contributed by atoms with Crippen molar-refractivity contribution in [1.82, 2.24) is 0 Å². The van der Waals surface area contributed by atoms with Crippen LogP contribution < -0.4 is 0 Å². The Balaban J connectivity index is 3.67. The van der Waals surface area contributed by atoms with Crippen LogP contribution in [0.1, 0.15) is 65.2 Å². The van der Waals surface area contributed by atoms with Gasteiger partial charge in [0.1, 0.15) is 0 Å². The van der Waals surface area contributed by atoms with E-state index in [0.29, 0.717) is 6.42 Å². The molecule has 0 saturated carbocycles. The maximum Gasteiger partial charge on any atom is 0.168 e. The predicted octanol–water partition coefficient (Wildman–Crippen LogP) is 7.13. The molecule has 0 aliphatic rings. The van der Waals surface area contributed by atoms with Crippen LogP contribution in [-0.4, -0.2) is 11.4 Å². The molecule has 0 amide bonds. The summed E-state index contributed by atoms with van der Waals surface area (Å²) < 4.78 is 4.87. The van der Waals surface area contributed by atoms with E-state index >= 15 is 0 Å². The van der Waals surface area contributed by atoms with Crippen LogP contribution >= 0.6 is 22.7 Å². The summed E-state index contributed by atoms with van der Waals surface area (Å²) in [7, 11) is 0. The van der Waals surface area contributed by atoms with Gasteiger partial charge in [-0.05, 0) is 58.3 Å². The Morgan fingerprint density at radius 1 is 1.00 bits per heavy atom. The maximum absolute atomic E-state index is 9.36. The van der Waals surface area contributed by atoms with Gasteiger partial charge in [-0.3, -0.25) is 4.18 Å². The molecule has 142 valence electrons. The fourth-order valence-corrected chi connectivity index (χ4v) is 2.55. The summed E-state index contributed by atoms with van der Waals surface area (Å²) in [6.07, 6.45) is 26.8. The molecule has 1 atom stereocenters. The predicted molar refractivity (Wildman–Crippen MR) is 117 cm³/mol. The smallest absolute Gasteiger partial charge is 0.168 e. The zero-order valence-electron chi connectivity index (χ0n) is 15.6. The van der Waals surface area contributed by atoms with Crippen LogP contribution in [0.15, 0.2) is 60.3 Å². The van der Waals surface area contributed by atoms with E-state index in [1.54, 1.807) is 0 Å². The quantitative estimate of drug-likeness (QED) is 0.0788. The molecule has 0 rings (SSSR count). The second kappa shape index (κ2) is 19.6. The van der Waals surface area contributed by atoms with Gasteiger partial charge in [0.15, 0.2) is 6.29 Å². The van der Waals surface area contributed by atoms with Gasteiger partial charge < -0.3 is 5.11 Å². The molecule has 25 heavy (non-hydrogen) atoms. The van der Waals surface area contributed by atoms with E-state index in [1.807, 2.05) is 0 Å². The molecule has 1 N–H and O–H groups in total. The minimum Gasteiger partial charge on any atom is -0.367 e.